The predicted molar refractivity (Wildman–Crippen MR) is 68.6 cm³/mol. The Labute approximate surface area is 110 Å². The summed E-state index contributed by atoms with van der Waals surface area (Å²) in [6.07, 6.45) is 1.98. The zero-order valence-electron chi connectivity index (χ0n) is 11.8. The lowest BCUT2D eigenvalue weighted by Crippen LogP contribution is -2.28. The molecule has 0 aromatic heterocycles. The Bertz CT molecular complexity index is 196. The summed E-state index contributed by atoms with van der Waals surface area (Å²) in [7, 11) is 1.66. The van der Waals surface area contributed by atoms with Crippen LogP contribution in [0.15, 0.2) is 0 Å². The molecule has 0 rings (SSSR count). The van der Waals surface area contributed by atoms with Crippen LogP contribution in [0.25, 0.3) is 0 Å². The van der Waals surface area contributed by atoms with Gasteiger partial charge in [-0.1, -0.05) is 13.3 Å². The van der Waals surface area contributed by atoms with E-state index in [0.717, 1.165) is 12.8 Å². The summed E-state index contributed by atoms with van der Waals surface area (Å²) >= 11 is 0. The number of hydrogen-bond donors (Lipinski definition) is 0. The first-order valence-corrected chi connectivity index (χ1v) is 6.61. The van der Waals surface area contributed by atoms with Crippen molar-refractivity contribution in [1.29, 1.82) is 0 Å². The molecule has 0 saturated heterocycles. The molecule has 5 heteroatoms. The van der Waals surface area contributed by atoms with Crippen molar-refractivity contribution in [2.75, 3.05) is 40.1 Å². The molecule has 5 nitrogen and oxygen atoms in total. The molecule has 0 amide bonds. The Balaban J connectivity index is 3.60. The third-order valence-corrected chi connectivity index (χ3v) is 2.28. The molecule has 0 bridgehead atoms. The van der Waals surface area contributed by atoms with E-state index in [2.05, 4.69) is 0 Å². The van der Waals surface area contributed by atoms with Crippen LogP contribution in [0, 0.1) is 0 Å². The van der Waals surface area contributed by atoms with Gasteiger partial charge in [-0.05, 0) is 19.8 Å². The van der Waals surface area contributed by atoms with Crippen LogP contribution in [0.3, 0.4) is 0 Å². The van der Waals surface area contributed by atoms with Gasteiger partial charge in [0.15, 0.2) is 6.10 Å². The molecule has 0 aromatic carbocycles. The largest absolute Gasteiger partial charge is 0.464 e. The molecule has 1 unspecified atom stereocenters. The molecule has 18 heavy (non-hydrogen) atoms. The van der Waals surface area contributed by atoms with E-state index in [0.29, 0.717) is 39.5 Å². The molecule has 0 spiro atoms. The molecule has 0 aromatic rings. The molecular weight excluding hydrogens is 236 g/mol. The molecule has 0 saturated carbocycles. The summed E-state index contributed by atoms with van der Waals surface area (Å²) in [5, 5.41) is 0. The van der Waals surface area contributed by atoms with Crippen molar-refractivity contribution in [2.45, 2.75) is 39.2 Å². The van der Waals surface area contributed by atoms with Crippen LogP contribution in [-0.2, 0) is 23.7 Å². The molecular formula is C13H26O5. The minimum Gasteiger partial charge on any atom is -0.464 e. The van der Waals surface area contributed by atoms with E-state index in [1.165, 1.54) is 0 Å². The Morgan fingerprint density at radius 3 is 2.50 bits per heavy atom. The Hall–Kier alpha value is -0.650. The number of esters is 1. The maximum Gasteiger partial charge on any atom is 0.335 e. The van der Waals surface area contributed by atoms with E-state index >= 15 is 0 Å². The highest BCUT2D eigenvalue weighted by Gasteiger charge is 2.18. The number of hydrogen-bond acceptors (Lipinski definition) is 5. The average Bonchev–Trinajstić information content (AvgIpc) is 2.36. The summed E-state index contributed by atoms with van der Waals surface area (Å²) in [4.78, 5) is 11.5. The van der Waals surface area contributed by atoms with E-state index < -0.39 is 6.10 Å². The lowest BCUT2D eigenvalue weighted by Gasteiger charge is -2.15. The smallest absolute Gasteiger partial charge is 0.335 e. The zero-order valence-corrected chi connectivity index (χ0v) is 11.8. The topological polar surface area (TPSA) is 54.0 Å². The Morgan fingerprint density at radius 1 is 1.11 bits per heavy atom. The lowest BCUT2D eigenvalue weighted by atomic mass is 10.2. The number of ether oxygens (including phenoxy) is 4. The Kier molecular flexibility index (Phi) is 12.3. The van der Waals surface area contributed by atoms with Crippen molar-refractivity contribution < 1.29 is 23.7 Å². The second-order valence-corrected chi connectivity index (χ2v) is 3.86. The second-order valence-electron chi connectivity index (χ2n) is 3.86. The van der Waals surface area contributed by atoms with Gasteiger partial charge < -0.3 is 18.9 Å². The van der Waals surface area contributed by atoms with Crippen molar-refractivity contribution in [3.05, 3.63) is 0 Å². The fraction of sp³-hybridized carbons (Fsp3) is 0.923. The van der Waals surface area contributed by atoms with E-state index in [1.807, 2.05) is 6.92 Å². The summed E-state index contributed by atoms with van der Waals surface area (Å²) in [5.74, 6) is -0.279. The normalized spacial score (nSPS) is 12.4. The maximum absolute atomic E-state index is 11.5. The average molecular weight is 262 g/mol. The van der Waals surface area contributed by atoms with Crippen LogP contribution >= 0.6 is 0 Å². The Morgan fingerprint density at radius 2 is 1.89 bits per heavy atom. The quantitative estimate of drug-likeness (QED) is 0.396. The van der Waals surface area contributed by atoms with Gasteiger partial charge in [-0.3, -0.25) is 0 Å². The molecule has 0 aliphatic carbocycles. The van der Waals surface area contributed by atoms with Crippen molar-refractivity contribution in [3.63, 3.8) is 0 Å². The molecule has 0 heterocycles. The summed E-state index contributed by atoms with van der Waals surface area (Å²) < 4.78 is 20.7. The monoisotopic (exact) mass is 262 g/mol. The SMILES string of the molecule is CCCC(OCCOCCCOC)C(=O)OCC. The maximum atomic E-state index is 11.5. The van der Waals surface area contributed by atoms with E-state index in [1.54, 1.807) is 14.0 Å². The van der Waals surface area contributed by atoms with Gasteiger partial charge in [-0.25, -0.2) is 4.79 Å². The minimum atomic E-state index is -0.461. The van der Waals surface area contributed by atoms with Gasteiger partial charge in [0, 0.05) is 20.3 Å². The summed E-state index contributed by atoms with van der Waals surface area (Å²) in [5.41, 5.74) is 0. The van der Waals surface area contributed by atoms with Crippen LogP contribution in [0.2, 0.25) is 0 Å². The highest BCUT2D eigenvalue weighted by atomic mass is 16.6. The zero-order chi connectivity index (χ0) is 13.6. The van der Waals surface area contributed by atoms with Crippen molar-refractivity contribution >= 4 is 5.97 Å². The number of methoxy groups -OCH3 is 1. The fourth-order valence-corrected chi connectivity index (χ4v) is 1.42. The third kappa shape index (κ3) is 9.39. The third-order valence-electron chi connectivity index (χ3n) is 2.28. The first-order chi connectivity index (χ1) is 8.76. The number of rotatable bonds is 12. The van der Waals surface area contributed by atoms with Crippen LogP contribution < -0.4 is 0 Å². The van der Waals surface area contributed by atoms with Gasteiger partial charge in [0.05, 0.1) is 19.8 Å². The molecule has 0 fully saturated rings. The highest BCUT2D eigenvalue weighted by molar-refractivity contribution is 5.74. The van der Waals surface area contributed by atoms with Gasteiger partial charge in [0.2, 0.25) is 0 Å². The van der Waals surface area contributed by atoms with Crippen LogP contribution in [0.4, 0.5) is 0 Å². The summed E-state index contributed by atoms with van der Waals surface area (Å²) in [6, 6.07) is 0. The van der Waals surface area contributed by atoms with Gasteiger partial charge in [-0.15, -0.1) is 0 Å². The van der Waals surface area contributed by atoms with Gasteiger partial charge >= 0.3 is 5.97 Å². The fourth-order valence-electron chi connectivity index (χ4n) is 1.42. The van der Waals surface area contributed by atoms with Crippen LogP contribution in [0.1, 0.15) is 33.1 Å². The standard InChI is InChI=1S/C13H26O5/c1-4-7-12(13(14)17-5-2)18-11-10-16-9-6-8-15-3/h12H,4-11H2,1-3H3. The van der Waals surface area contributed by atoms with E-state index in [-0.39, 0.29) is 5.97 Å². The van der Waals surface area contributed by atoms with E-state index in [4.69, 9.17) is 18.9 Å². The van der Waals surface area contributed by atoms with E-state index in [9.17, 15) is 4.79 Å². The molecule has 0 radical (unpaired) electrons. The first-order valence-electron chi connectivity index (χ1n) is 6.61. The van der Waals surface area contributed by atoms with Crippen molar-refractivity contribution in [1.82, 2.24) is 0 Å². The lowest BCUT2D eigenvalue weighted by molar-refractivity contribution is -0.158. The van der Waals surface area contributed by atoms with Gasteiger partial charge in [0.1, 0.15) is 0 Å². The second kappa shape index (κ2) is 12.8. The van der Waals surface area contributed by atoms with Gasteiger partial charge in [0.25, 0.3) is 0 Å². The number of carbonyl (C=O) groups is 1. The van der Waals surface area contributed by atoms with Gasteiger partial charge in [-0.2, -0.15) is 0 Å². The molecule has 0 N–H and O–H groups in total. The predicted octanol–water partition coefficient (Wildman–Crippen LogP) is 1.79. The molecule has 0 aliphatic rings. The minimum absolute atomic E-state index is 0.279. The first kappa shape index (κ1) is 17.4. The van der Waals surface area contributed by atoms with Crippen LogP contribution in [-0.4, -0.2) is 52.2 Å². The molecule has 1 atom stereocenters. The molecule has 108 valence electrons. The van der Waals surface area contributed by atoms with Crippen molar-refractivity contribution in [3.8, 4) is 0 Å². The highest BCUT2D eigenvalue weighted by Crippen LogP contribution is 2.04. The van der Waals surface area contributed by atoms with Crippen molar-refractivity contribution in [2.24, 2.45) is 0 Å². The molecule has 0 aliphatic heterocycles. The number of carbonyl (C=O) groups excluding carboxylic acids is 1. The summed E-state index contributed by atoms with van der Waals surface area (Å²) in [6.45, 7) is 6.43. The van der Waals surface area contributed by atoms with Crippen LogP contribution in [0.5, 0.6) is 0 Å².